The largest absolute Gasteiger partial charge is 1.00 e. The number of rotatable bonds is 4. The number of hydrogen-bond donors (Lipinski definition) is 2. The van der Waals surface area contributed by atoms with Crippen LogP contribution >= 0.6 is 0 Å². The van der Waals surface area contributed by atoms with Crippen LogP contribution in [0.4, 0.5) is 0 Å². The number of benzene rings is 1. The molecule has 80 valence electrons. The summed E-state index contributed by atoms with van der Waals surface area (Å²) in [4.78, 5) is 21.5. The van der Waals surface area contributed by atoms with Gasteiger partial charge < -0.3 is 15.5 Å². The van der Waals surface area contributed by atoms with Gasteiger partial charge in [-0.1, -0.05) is 24.3 Å². The first-order chi connectivity index (χ1) is 7.09. The molecule has 0 aliphatic heterocycles. The average Bonchev–Trinajstić information content (AvgIpc) is 2.18. The molecule has 0 bridgehead atoms. The molecule has 0 atom stereocenters. The van der Waals surface area contributed by atoms with Crippen LogP contribution in [0, 0.1) is 0 Å². The van der Waals surface area contributed by atoms with Gasteiger partial charge in [0.15, 0.2) is 0 Å². The molecule has 2 N–H and O–H groups in total. The molecule has 0 heterocycles. The number of hydrogen-bond acceptors (Lipinski definition) is 3. The van der Waals surface area contributed by atoms with Gasteiger partial charge in [-0.2, -0.15) is 0 Å². The van der Waals surface area contributed by atoms with E-state index in [1.165, 1.54) is 24.3 Å². The first kappa shape index (κ1) is 14.6. The third kappa shape index (κ3) is 4.87. The number of carboxylic acids is 1. The quantitative estimate of drug-likeness (QED) is 0.523. The summed E-state index contributed by atoms with van der Waals surface area (Å²) in [7, 11) is 0. The number of nitrogens with one attached hydrogen (secondary N) is 1. The summed E-state index contributed by atoms with van der Waals surface area (Å²) in [6.45, 7) is 0.0767. The van der Waals surface area contributed by atoms with Crippen molar-refractivity contribution in [2.45, 2.75) is 6.42 Å². The minimum Gasteiger partial charge on any atom is -0.872 e. The Balaban J connectivity index is 0.00000225. The third-order valence-corrected chi connectivity index (χ3v) is 1.74. The van der Waals surface area contributed by atoms with Crippen LogP contribution in [0.1, 0.15) is 16.8 Å². The molecule has 1 aromatic rings. The van der Waals surface area contributed by atoms with Gasteiger partial charge in [-0.15, -0.1) is 5.75 Å². The van der Waals surface area contributed by atoms with Gasteiger partial charge in [0.2, 0.25) is 0 Å². The number of carbonyl (C=O) groups is 2. The first-order valence-electron chi connectivity index (χ1n) is 4.36. The van der Waals surface area contributed by atoms with E-state index in [0.717, 1.165) is 0 Å². The summed E-state index contributed by atoms with van der Waals surface area (Å²) in [5.74, 6) is -1.52. The summed E-state index contributed by atoms with van der Waals surface area (Å²) >= 11 is 0. The Hall–Kier alpha value is -1.44. The molecular formula is C10H10LiNO4. The van der Waals surface area contributed by atoms with Crippen LogP contribution in [0.2, 0.25) is 0 Å². The van der Waals surface area contributed by atoms with Crippen LogP contribution in [0.25, 0.3) is 0 Å². The zero-order chi connectivity index (χ0) is 11.3. The molecule has 0 spiro atoms. The molecule has 1 aromatic carbocycles. The SMILES string of the molecule is O=C(O)CCNC(=O)c1ccc([O-])cc1.[Li+]. The zero-order valence-corrected chi connectivity index (χ0v) is 8.90. The Morgan fingerprint density at radius 2 is 1.81 bits per heavy atom. The molecule has 1 rings (SSSR count). The van der Waals surface area contributed by atoms with E-state index in [1.807, 2.05) is 0 Å². The molecule has 1 amide bonds. The van der Waals surface area contributed by atoms with E-state index in [9.17, 15) is 14.7 Å². The molecule has 6 heteroatoms. The van der Waals surface area contributed by atoms with Crippen molar-refractivity contribution in [3.05, 3.63) is 29.8 Å². The molecule has 0 aromatic heterocycles. The molecule has 0 fully saturated rings. The second kappa shape index (κ2) is 6.94. The Kier molecular flexibility index (Phi) is 6.31. The minimum atomic E-state index is -0.967. The maximum Gasteiger partial charge on any atom is 1.00 e. The van der Waals surface area contributed by atoms with Gasteiger partial charge in [-0.25, -0.2) is 0 Å². The molecule has 0 radical (unpaired) electrons. The van der Waals surface area contributed by atoms with Crippen molar-refractivity contribution in [2.75, 3.05) is 6.54 Å². The fourth-order valence-electron chi connectivity index (χ4n) is 0.991. The van der Waals surface area contributed by atoms with Crippen LogP contribution in [-0.4, -0.2) is 23.5 Å². The first-order valence-corrected chi connectivity index (χ1v) is 4.36. The number of carbonyl (C=O) groups excluding carboxylic acids is 1. The van der Waals surface area contributed by atoms with Gasteiger partial charge in [0, 0.05) is 12.1 Å². The summed E-state index contributed by atoms with van der Waals surface area (Å²) in [6.07, 6.45) is -0.120. The minimum absolute atomic E-state index is 0. The maximum absolute atomic E-state index is 11.3. The second-order valence-corrected chi connectivity index (χ2v) is 2.92. The molecule has 5 nitrogen and oxygen atoms in total. The van der Waals surface area contributed by atoms with Crippen molar-refractivity contribution in [1.29, 1.82) is 0 Å². The smallest absolute Gasteiger partial charge is 0.872 e. The Bertz CT molecular complexity index is 364. The van der Waals surface area contributed by atoms with Gasteiger partial charge >= 0.3 is 24.8 Å². The Morgan fingerprint density at radius 1 is 1.25 bits per heavy atom. The fourth-order valence-corrected chi connectivity index (χ4v) is 0.991. The predicted molar refractivity (Wildman–Crippen MR) is 50.5 cm³/mol. The van der Waals surface area contributed by atoms with E-state index in [1.54, 1.807) is 0 Å². The van der Waals surface area contributed by atoms with Crippen molar-refractivity contribution < 1.29 is 38.7 Å². The van der Waals surface area contributed by atoms with E-state index in [0.29, 0.717) is 5.56 Å². The average molecular weight is 215 g/mol. The van der Waals surface area contributed by atoms with Gasteiger partial charge in [0.05, 0.1) is 6.42 Å². The van der Waals surface area contributed by atoms with Gasteiger partial charge in [-0.05, 0) is 0 Å². The molecule has 0 aliphatic rings. The monoisotopic (exact) mass is 215 g/mol. The summed E-state index contributed by atoms with van der Waals surface area (Å²) < 4.78 is 0. The topological polar surface area (TPSA) is 89.5 Å². The molecule has 0 unspecified atom stereocenters. The third-order valence-electron chi connectivity index (χ3n) is 1.74. The number of amides is 1. The van der Waals surface area contributed by atoms with Crippen molar-refractivity contribution in [3.8, 4) is 5.75 Å². The molecule has 16 heavy (non-hydrogen) atoms. The van der Waals surface area contributed by atoms with E-state index in [2.05, 4.69) is 5.32 Å². The van der Waals surface area contributed by atoms with E-state index < -0.39 is 5.97 Å². The number of carboxylic acid groups (broad SMARTS) is 1. The normalized spacial score (nSPS) is 9.00. The van der Waals surface area contributed by atoms with Crippen molar-refractivity contribution in [2.24, 2.45) is 0 Å². The van der Waals surface area contributed by atoms with Gasteiger partial charge in [0.25, 0.3) is 5.91 Å². The van der Waals surface area contributed by atoms with Crippen LogP contribution in [0.5, 0.6) is 5.75 Å². The maximum atomic E-state index is 11.3. The van der Waals surface area contributed by atoms with Crippen molar-refractivity contribution in [3.63, 3.8) is 0 Å². The fraction of sp³-hybridized carbons (Fsp3) is 0.200. The van der Waals surface area contributed by atoms with Crippen LogP contribution in [0.15, 0.2) is 24.3 Å². The van der Waals surface area contributed by atoms with Crippen molar-refractivity contribution in [1.82, 2.24) is 5.32 Å². The predicted octanol–water partition coefficient (Wildman–Crippen LogP) is -3.03. The van der Waals surface area contributed by atoms with E-state index >= 15 is 0 Å². The number of aliphatic carboxylic acids is 1. The summed E-state index contributed by atoms with van der Waals surface area (Å²) in [6, 6.07) is 5.37. The Morgan fingerprint density at radius 3 is 2.31 bits per heavy atom. The zero-order valence-electron chi connectivity index (χ0n) is 8.90. The van der Waals surface area contributed by atoms with E-state index in [4.69, 9.17) is 5.11 Å². The molecular weight excluding hydrogens is 205 g/mol. The molecule has 0 saturated heterocycles. The van der Waals surface area contributed by atoms with Gasteiger partial charge in [0.1, 0.15) is 0 Å². The standard InChI is InChI=1S/C10H11NO4.Li/c12-8-3-1-7(2-4-8)10(15)11-6-5-9(13)14;/h1-4,12H,5-6H2,(H,11,15)(H,13,14);/q;+1/p-1. The Labute approximate surface area is 105 Å². The van der Waals surface area contributed by atoms with Crippen LogP contribution < -0.4 is 29.3 Å². The van der Waals surface area contributed by atoms with Crippen LogP contribution in [0.3, 0.4) is 0 Å². The van der Waals surface area contributed by atoms with Gasteiger partial charge in [-0.3, -0.25) is 9.59 Å². The molecule has 0 saturated carbocycles. The van der Waals surface area contributed by atoms with E-state index in [-0.39, 0.29) is 43.5 Å². The molecule has 0 aliphatic carbocycles. The second-order valence-electron chi connectivity index (χ2n) is 2.92. The van der Waals surface area contributed by atoms with Crippen LogP contribution in [-0.2, 0) is 4.79 Å². The summed E-state index contributed by atoms with van der Waals surface area (Å²) in [5, 5.41) is 21.5. The van der Waals surface area contributed by atoms with Crippen molar-refractivity contribution >= 4 is 11.9 Å². The summed E-state index contributed by atoms with van der Waals surface area (Å²) in [5.41, 5.74) is 0.347.